The molecule has 0 radical (unpaired) electrons. The van der Waals surface area contributed by atoms with E-state index in [1.807, 2.05) is 13.8 Å². The minimum absolute atomic E-state index is 0.0131. The van der Waals surface area contributed by atoms with E-state index in [0.29, 0.717) is 23.1 Å². The van der Waals surface area contributed by atoms with Crippen LogP contribution < -0.4 is 10.1 Å². The lowest BCUT2D eigenvalue weighted by molar-refractivity contribution is -0.142. The zero-order valence-electron chi connectivity index (χ0n) is 21.2. The average molecular weight is 550 g/mol. The molecule has 1 aromatic heterocycles. The maximum atomic E-state index is 13.9. The smallest absolute Gasteiger partial charge is 0.435 e. The van der Waals surface area contributed by atoms with Gasteiger partial charge in [0, 0.05) is 0 Å². The number of nitrogens with one attached hydrogen (secondary N) is 1. The summed E-state index contributed by atoms with van der Waals surface area (Å²) in [5.41, 5.74) is 0.576. The van der Waals surface area contributed by atoms with Crippen molar-refractivity contribution >= 4 is 24.5 Å². The molecule has 0 aliphatic carbocycles. The molecule has 0 bridgehead atoms. The quantitative estimate of drug-likeness (QED) is 0.268. The van der Waals surface area contributed by atoms with E-state index in [4.69, 9.17) is 4.74 Å². The number of alkyl halides is 3. The first kappa shape index (κ1) is 29.1. The number of amides is 1. The predicted molar refractivity (Wildman–Crippen MR) is 140 cm³/mol. The first-order valence-corrected chi connectivity index (χ1v) is 12.6. The van der Waals surface area contributed by atoms with Crippen LogP contribution in [-0.2, 0) is 24.1 Å². The van der Waals surface area contributed by atoms with Crippen LogP contribution in [0.1, 0.15) is 54.5 Å². The van der Waals surface area contributed by atoms with E-state index in [1.165, 1.54) is 10.6 Å². The van der Waals surface area contributed by atoms with Crippen LogP contribution in [0.5, 0.6) is 6.01 Å². The second-order valence-electron chi connectivity index (χ2n) is 9.12. The van der Waals surface area contributed by atoms with Crippen molar-refractivity contribution in [3.8, 4) is 17.1 Å². The summed E-state index contributed by atoms with van der Waals surface area (Å²) in [6.45, 7) is 5.16. The van der Waals surface area contributed by atoms with Crippen LogP contribution in [0.3, 0.4) is 0 Å². The Morgan fingerprint density at radius 1 is 1.13 bits per heavy atom. The summed E-state index contributed by atoms with van der Waals surface area (Å²) >= 11 is 4.28. The zero-order chi connectivity index (χ0) is 28.0. The Kier molecular flexibility index (Phi) is 9.48. The lowest BCUT2D eigenvalue weighted by Gasteiger charge is -2.17. The van der Waals surface area contributed by atoms with Crippen molar-refractivity contribution in [1.82, 2.24) is 14.9 Å². The monoisotopic (exact) mass is 549 g/mol. The Bertz CT molecular complexity index is 1270. The number of imidazole rings is 1. The van der Waals surface area contributed by atoms with E-state index in [-0.39, 0.29) is 36.3 Å². The van der Waals surface area contributed by atoms with Crippen LogP contribution in [0.2, 0.25) is 0 Å². The summed E-state index contributed by atoms with van der Waals surface area (Å²) in [5, 5.41) is 11.4. The van der Waals surface area contributed by atoms with Crippen molar-refractivity contribution in [2.45, 2.75) is 51.7 Å². The molecule has 0 aliphatic heterocycles. The fraction of sp³-hybridized carbons (Fsp3) is 0.370. The van der Waals surface area contributed by atoms with Crippen LogP contribution in [0.25, 0.3) is 11.1 Å². The van der Waals surface area contributed by atoms with Gasteiger partial charge in [-0.05, 0) is 42.0 Å². The second kappa shape index (κ2) is 12.4. The standard InChI is InChI=1S/C27H30F3N3O4S/c1-4-37-26-32-23(27(28,29)30)21(14-31-24(34)22(38)13-16(2)3)33(26)15-17-9-11-18(12-10-17)19-7-5-6-8-20(19)25(35)36/h5-12,16,22,38H,4,13-15H2,1-3H3,(H,31,34)(H,35,36)/t22-/m0/s1. The molecule has 1 atom stereocenters. The predicted octanol–water partition coefficient (Wildman–Crippen LogP) is 5.67. The van der Waals surface area contributed by atoms with Crippen molar-refractivity contribution in [2.24, 2.45) is 5.92 Å². The Hall–Kier alpha value is -3.47. The largest absolute Gasteiger partial charge is 0.478 e. The van der Waals surface area contributed by atoms with Crippen LogP contribution >= 0.6 is 12.6 Å². The fourth-order valence-electron chi connectivity index (χ4n) is 4.01. The van der Waals surface area contributed by atoms with Gasteiger partial charge >= 0.3 is 12.1 Å². The van der Waals surface area contributed by atoms with Gasteiger partial charge in [-0.25, -0.2) is 4.79 Å². The first-order chi connectivity index (χ1) is 17.9. The number of hydrogen-bond donors (Lipinski definition) is 3. The molecule has 204 valence electrons. The highest BCUT2D eigenvalue weighted by atomic mass is 32.1. The highest BCUT2D eigenvalue weighted by molar-refractivity contribution is 7.81. The van der Waals surface area contributed by atoms with Gasteiger partial charge < -0.3 is 15.2 Å². The average Bonchev–Trinajstić information content (AvgIpc) is 3.20. The molecule has 0 saturated heterocycles. The molecule has 0 saturated carbocycles. The maximum absolute atomic E-state index is 13.9. The van der Waals surface area contributed by atoms with Gasteiger partial charge in [0.15, 0.2) is 5.69 Å². The summed E-state index contributed by atoms with van der Waals surface area (Å²) < 4.78 is 48.5. The van der Waals surface area contributed by atoms with Crippen molar-refractivity contribution < 1.29 is 32.6 Å². The second-order valence-corrected chi connectivity index (χ2v) is 9.74. The summed E-state index contributed by atoms with van der Waals surface area (Å²) in [6, 6.07) is 13.1. The Morgan fingerprint density at radius 2 is 1.79 bits per heavy atom. The Labute approximate surface area is 224 Å². The highest BCUT2D eigenvalue weighted by Crippen LogP contribution is 2.35. The van der Waals surface area contributed by atoms with Gasteiger partial charge in [0.1, 0.15) is 0 Å². The van der Waals surface area contributed by atoms with Gasteiger partial charge in [0.05, 0.1) is 36.2 Å². The zero-order valence-corrected chi connectivity index (χ0v) is 22.1. The van der Waals surface area contributed by atoms with E-state index >= 15 is 0 Å². The van der Waals surface area contributed by atoms with Gasteiger partial charge in [0.25, 0.3) is 6.01 Å². The molecule has 38 heavy (non-hydrogen) atoms. The lowest BCUT2D eigenvalue weighted by Crippen LogP contribution is -2.33. The Morgan fingerprint density at radius 3 is 2.37 bits per heavy atom. The number of carboxylic acid groups (broad SMARTS) is 1. The molecule has 1 heterocycles. The number of benzene rings is 2. The number of carboxylic acids is 1. The van der Waals surface area contributed by atoms with Crippen molar-refractivity contribution in [1.29, 1.82) is 0 Å². The number of aromatic nitrogens is 2. The van der Waals surface area contributed by atoms with Crippen molar-refractivity contribution in [3.63, 3.8) is 0 Å². The molecule has 2 aromatic carbocycles. The molecule has 0 aliphatic rings. The molecule has 0 fully saturated rings. The maximum Gasteiger partial charge on any atom is 0.435 e. The molecular formula is C27H30F3N3O4S. The van der Waals surface area contributed by atoms with Crippen molar-refractivity contribution in [2.75, 3.05) is 6.61 Å². The number of aromatic carboxylic acids is 1. The number of carbonyl (C=O) groups is 2. The number of thiol groups is 1. The molecule has 1 amide bonds. The molecule has 3 rings (SSSR count). The minimum atomic E-state index is -4.76. The van der Waals surface area contributed by atoms with E-state index in [2.05, 4.69) is 22.9 Å². The van der Waals surface area contributed by atoms with Gasteiger partial charge in [0.2, 0.25) is 5.91 Å². The molecular weight excluding hydrogens is 519 g/mol. The fourth-order valence-corrected chi connectivity index (χ4v) is 4.52. The van der Waals surface area contributed by atoms with Gasteiger partial charge in [-0.1, -0.05) is 56.3 Å². The van der Waals surface area contributed by atoms with E-state index < -0.39 is 35.5 Å². The molecule has 7 nitrogen and oxygen atoms in total. The third-order valence-corrected chi connectivity index (χ3v) is 6.22. The van der Waals surface area contributed by atoms with Crippen LogP contribution in [0.15, 0.2) is 48.5 Å². The van der Waals surface area contributed by atoms with Crippen molar-refractivity contribution in [3.05, 3.63) is 71.0 Å². The normalized spacial score (nSPS) is 12.4. The van der Waals surface area contributed by atoms with Crippen LogP contribution in [-0.4, -0.2) is 38.4 Å². The Balaban J connectivity index is 1.95. The number of carbonyl (C=O) groups excluding carboxylic acids is 1. The molecule has 0 unspecified atom stereocenters. The number of ether oxygens (including phenoxy) is 1. The summed E-state index contributed by atoms with van der Waals surface area (Å²) in [4.78, 5) is 27.8. The third kappa shape index (κ3) is 7.09. The van der Waals surface area contributed by atoms with E-state index in [9.17, 15) is 27.9 Å². The van der Waals surface area contributed by atoms with Crippen LogP contribution in [0.4, 0.5) is 13.2 Å². The highest BCUT2D eigenvalue weighted by Gasteiger charge is 2.39. The molecule has 3 aromatic rings. The summed E-state index contributed by atoms with van der Waals surface area (Å²) in [7, 11) is 0. The van der Waals surface area contributed by atoms with E-state index in [0.717, 1.165) is 0 Å². The summed E-state index contributed by atoms with van der Waals surface area (Å²) in [5.74, 6) is -1.34. The number of rotatable bonds is 11. The van der Waals surface area contributed by atoms with E-state index in [1.54, 1.807) is 49.4 Å². The third-order valence-electron chi connectivity index (χ3n) is 5.77. The van der Waals surface area contributed by atoms with Crippen LogP contribution in [0, 0.1) is 5.92 Å². The first-order valence-electron chi connectivity index (χ1n) is 12.1. The lowest BCUT2D eigenvalue weighted by atomic mass is 9.99. The molecule has 11 heteroatoms. The molecule has 2 N–H and O–H groups in total. The van der Waals surface area contributed by atoms with Gasteiger partial charge in [-0.3, -0.25) is 9.36 Å². The SMILES string of the molecule is CCOc1nc(C(F)(F)F)c(CNC(=O)[C@@H](S)CC(C)C)n1Cc1ccc(-c2ccccc2C(=O)O)cc1. The number of nitrogens with zero attached hydrogens (tertiary/aromatic N) is 2. The summed E-state index contributed by atoms with van der Waals surface area (Å²) in [6.07, 6.45) is -4.29. The molecule has 0 spiro atoms. The number of hydrogen-bond acceptors (Lipinski definition) is 5. The topological polar surface area (TPSA) is 93.5 Å². The minimum Gasteiger partial charge on any atom is -0.478 e. The van der Waals surface area contributed by atoms with Gasteiger partial charge in [-0.15, -0.1) is 0 Å². The number of halogens is 3. The van der Waals surface area contributed by atoms with Gasteiger partial charge in [-0.2, -0.15) is 30.8 Å².